The minimum Gasteiger partial charge on any atom is -0.351 e. The Morgan fingerprint density at radius 2 is 1.93 bits per heavy atom. The zero-order chi connectivity index (χ0) is 20.4. The van der Waals surface area contributed by atoms with Gasteiger partial charge in [-0.1, -0.05) is 49.7 Å². The minimum absolute atomic E-state index is 0.164. The molecule has 4 rings (SSSR count). The van der Waals surface area contributed by atoms with E-state index in [2.05, 4.69) is 12.2 Å². The summed E-state index contributed by atoms with van der Waals surface area (Å²) in [7, 11) is 0. The van der Waals surface area contributed by atoms with Gasteiger partial charge in [-0.3, -0.25) is 14.0 Å². The van der Waals surface area contributed by atoms with Gasteiger partial charge in [0, 0.05) is 19.3 Å². The highest BCUT2D eigenvalue weighted by Gasteiger charge is 2.19. The predicted molar refractivity (Wildman–Crippen MR) is 114 cm³/mol. The third-order valence-corrected chi connectivity index (χ3v) is 5.04. The van der Waals surface area contributed by atoms with Crippen molar-refractivity contribution in [3.05, 3.63) is 81.9 Å². The van der Waals surface area contributed by atoms with Crippen LogP contribution in [-0.4, -0.2) is 26.4 Å². The number of carbonyl (C=O) groups excluding carboxylic acids is 1. The van der Waals surface area contributed by atoms with Crippen LogP contribution < -0.4 is 10.9 Å². The lowest BCUT2D eigenvalue weighted by atomic mass is 10.2. The highest BCUT2D eigenvalue weighted by Crippen LogP contribution is 2.19. The van der Waals surface area contributed by atoms with Gasteiger partial charge in [0.25, 0.3) is 11.5 Å². The maximum absolute atomic E-state index is 13.1. The number of fused-ring (bicyclic) bond motifs is 2. The van der Waals surface area contributed by atoms with Crippen LogP contribution >= 0.6 is 0 Å². The van der Waals surface area contributed by atoms with Crippen LogP contribution in [0.1, 0.15) is 41.4 Å². The van der Waals surface area contributed by atoms with E-state index < -0.39 is 0 Å². The number of hydrogen-bond acceptors (Lipinski definition) is 3. The lowest BCUT2D eigenvalue weighted by Gasteiger charge is -2.11. The number of aryl methyl sites for hydroxylation is 1. The Balaban J connectivity index is 1.90. The molecule has 1 aromatic carbocycles. The lowest BCUT2D eigenvalue weighted by Crippen LogP contribution is -2.27. The van der Waals surface area contributed by atoms with Crippen LogP contribution in [-0.2, 0) is 6.54 Å². The van der Waals surface area contributed by atoms with Crippen LogP contribution in [0.3, 0.4) is 0 Å². The van der Waals surface area contributed by atoms with Crippen molar-refractivity contribution in [1.82, 2.24) is 19.3 Å². The van der Waals surface area contributed by atoms with Gasteiger partial charge in [-0.15, -0.1) is 0 Å². The monoisotopic (exact) mass is 388 g/mol. The van der Waals surface area contributed by atoms with Crippen molar-refractivity contribution in [1.29, 1.82) is 0 Å². The van der Waals surface area contributed by atoms with Crippen LogP contribution in [0.25, 0.3) is 16.7 Å². The molecule has 148 valence electrons. The van der Waals surface area contributed by atoms with E-state index in [9.17, 15) is 9.59 Å². The summed E-state index contributed by atoms with van der Waals surface area (Å²) in [5.41, 5.74) is 3.41. The molecule has 1 N–H and O–H groups in total. The van der Waals surface area contributed by atoms with E-state index in [4.69, 9.17) is 4.98 Å². The molecule has 1 amide bonds. The van der Waals surface area contributed by atoms with E-state index in [1.807, 2.05) is 54.0 Å². The Morgan fingerprint density at radius 3 is 2.69 bits per heavy atom. The number of nitrogens with one attached hydrogen (secondary N) is 1. The lowest BCUT2D eigenvalue weighted by molar-refractivity contribution is 0.0944. The summed E-state index contributed by atoms with van der Waals surface area (Å²) in [4.78, 5) is 30.7. The summed E-state index contributed by atoms with van der Waals surface area (Å²) in [6.45, 7) is 5.09. The van der Waals surface area contributed by atoms with Crippen LogP contribution in [0.15, 0.2) is 59.5 Å². The molecule has 0 saturated carbocycles. The first-order valence-corrected chi connectivity index (χ1v) is 9.93. The van der Waals surface area contributed by atoms with Crippen LogP contribution in [0.2, 0.25) is 0 Å². The van der Waals surface area contributed by atoms with Crippen LogP contribution in [0, 0.1) is 6.92 Å². The number of benzene rings is 1. The van der Waals surface area contributed by atoms with Gasteiger partial charge in [-0.2, -0.15) is 0 Å². The fraction of sp³-hybridized carbons (Fsp3) is 0.261. The van der Waals surface area contributed by atoms with Crippen LogP contribution in [0.5, 0.6) is 0 Å². The average Bonchev–Trinajstić information content (AvgIpc) is 3.08. The highest BCUT2D eigenvalue weighted by molar-refractivity contribution is 5.98. The summed E-state index contributed by atoms with van der Waals surface area (Å²) >= 11 is 0. The van der Waals surface area contributed by atoms with Gasteiger partial charge in [0.1, 0.15) is 17.0 Å². The molecule has 6 nitrogen and oxygen atoms in total. The second-order valence-corrected chi connectivity index (χ2v) is 7.30. The second kappa shape index (κ2) is 7.91. The molecular formula is C23H24N4O2. The molecule has 3 aromatic heterocycles. The number of hydrogen-bond donors (Lipinski definition) is 1. The molecule has 0 atom stereocenters. The molecule has 29 heavy (non-hydrogen) atoms. The van der Waals surface area contributed by atoms with Gasteiger partial charge in [0.15, 0.2) is 0 Å². The molecule has 0 radical (unpaired) electrons. The Labute approximate surface area is 168 Å². The van der Waals surface area contributed by atoms with Gasteiger partial charge < -0.3 is 9.88 Å². The smallest absolute Gasteiger partial charge is 0.268 e. The van der Waals surface area contributed by atoms with Gasteiger partial charge in [-0.25, -0.2) is 4.98 Å². The molecule has 6 heteroatoms. The number of nitrogens with zero attached hydrogens (tertiary/aromatic N) is 3. The molecule has 0 saturated heterocycles. The Kier molecular flexibility index (Phi) is 5.16. The standard InChI is InChI=1S/C23H24N4O2/c1-3-4-12-24-22(28)19-13-18-21(26(19)15-17-8-6-5-7-9-17)25-20-11-10-16(2)14-27(20)23(18)29/h5-11,13-14H,3-4,12,15H2,1-2H3,(H,24,28). The number of pyridine rings is 1. The SMILES string of the molecule is CCCCNC(=O)c1cc2c(=O)n3cc(C)ccc3nc2n1Cc1ccccc1. The van der Waals surface area contributed by atoms with Crippen LogP contribution in [0.4, 0.5) is 0 Å². The molecule has 0 fully saturated rings. The van der Waals surface area contributed by atoms with E-state index >= 15 is 0 Å². The first-order valence-electron chi connectivity index (χ1n) is 9.93. The van der Waals surface area contributed by atoms with E-state index in [0.717, 1.165) is 24.0 Å². The molecule has 0 aliphatic carbocycles. The molecule has 4 aromatic rings. The Morgan fingerprint density at radius 1 is 1.14 bits per heavy atom. The third-order valence-electron chi connectivity index (χ3n) is 5.04. The molecule has 3 heterocycles. The second-order valence-electron chi connectivity index (χ2n) is 7.30. The van der Waals surface area contributed by atoms with Gasteiger partial charge in [0.05, 0.1) is 5.39 Å². The Hall–Kier alpha value is -3.41. The fourth-order valence-electron chi connectivity index (χ4n) is 3.49. The normalized spacial score (nSPS) is 11.2. The Bertz CT molecular complexity index is 1240. The predicted octanol–water partition coefficient (Wildman–Crippen LogP) is 3.54. The maximum Gasteiger partial charge on any atom is 0.268 e. The minimum atomic E-state index is -0.183. The van der Waals surface area contributed by atoms with E-state index in [1.54, 1.807) is 16.7 Å². The summed E-state index contributed by atoms with van der Waals surface area (Å²) in [6, 6.07) is 15.3. The van der Waals surface area contributed by atoms with Gasteiger partial charge in [0.2, 0.25) is 0 Å². The zero-order valence-corrected chi connectivity index (χ0v) is 16.7. The zero-order valence-electron chi connectivity index (χ0n) is 16.7. The molecule has 0 aliphatic heterocycles. The first-order chi connectivity index (χ1) is 14.1. The topological polar surface area (TPSA) is 68.4 Å². The molecular weight excluding hydrogens is 364 g/mol. The number of carbonyl (C=O) groups is 1. The summed E-state index contributed by atoms with van der Waals surface area (Å²) in [5, 5.41) is 3.41. The van der Waals surface area contributed by atoms with E-state index in [-0.39, 0.29) is 11.5 Å². The number of rotatable bonds is 6. The highest BCUT2D eigenvalue weighted by atomic mass is 16.2. The van der Waals surface area contributed by atoms with Gasteiger partial charge >= 0.3 is 0 Å². The van der Waals surface area contributed by atoms with Crippen molar-refractivity contribution in [3.8, 4) is 0 Å². The van der Waals surface area contributed by atoms with Crippen molar-refractivity contribution in [2.45, 2.75) is 33.2 Å². The maximum atomic E-state index is 13.1. The summed E-state index contributed by atoms with van der Waals surface area (Å²) in [5.74, 6) is -0.183. The average molecular weight is 388 g/mol. The van der Waals surface area contributed by atoms with Crippen molar-refractivity contribution >= 4 is 22.6 Å². The summed E-state index contributed by atoms with van der Waals surface area (Å²) in [6.07, 6.45) is 3.69. The molecule has 0 spiro atoms. The number of amides is 1. The fourth-order valence-corrected chi connectivity index (χ4v) is 3.49. The molecule has 0 bridgehead atoms. The van der Waals surface area contributed by atoms with E-state index in [0.29, 0.717) is 35.5 Å². The third kappa shape index (κ3) is 3.66. The van der Waals surface area contributed by atoms with Crippen molar-refractivity contribution in [2.24, 2.45) is 0 Å². The number of aromatic nitrogens is 3. The summed E-state index contributed by atoms with van der Waals surface area (Å²) < 4.78 is 3.39. The largest absolute Gasteiger partial charge is 0.351 e. The molecule has 0 unspecified atom stereocenters. The first kappa shape index (κ1) is 18.9. The van der Waals surface area contributed by atoms with Gasteiger partial charge in [-0.05, 0) is 36.6 Å². The van der Waals surface area contributed by atoms with Crippen molar-refractivity contribution in [3.63, 3.8) is 0 Å². The van der Waals surface area contributed by atoms with Crippen molar-refractivity contribution < 1.29 is 4.79 Å². The van der Waals surface area contributed by atoms with E-state index in [1.165, 1.54) is 0 Å². The number of unbranched alkanes of at least 4 members (excludes halogenated alkanes) is 1. The van der Waals surface area contributed by atoms with Crippen molar-refractivity contribution in [2.75, 3.05) is 6.54 Å². The molecule has 0 aliphatic rings. The quantitative estimate of drug-likeness (QED) is 0.514.